The smallest absolute Gasteiger partial charge is 0.318 e. The lowest BCUT2D eigenvalue weighted by molar-refractivity contribution is -0.137. The summed E-state index contributed by atoms with van der Waals surface area (Å²) in [7, 11) is 0. The van der Waals surface area contributed by atoms with Gasteiger partial charge in [-0.15, -0.1) is 5.10 Å². The van der Waals surface area contributed by atoms with E-state index >= 15 is 0 Å². The van der Waals surface area contributed by atoms with Gasteiger partial charge in [-0.25, -0.2) is 0 Å². The van der Waals surface area contributed by atoms with Crippen molar-refractivity contribution in [3.63, 3.8) is 0 Å². The molecule has 1 aliphatic heterocycles. The maximum absolute atomic E-state index is 10.3. The molecule has 0 saturated carbocycles. The van der Waals surface area contributed by atoms with E-state index in [1.807, 2.05) is 0 Å². The Morgan fingerprint density at radius 3 is 2.81 bits per heavy atom. The minimum Gasteiger partial charge on any atom is -0.481 e. The predicted molar refractivity (Wildman–Crippen MR) is 56.3 cm³/mol. The molecule has 0 amide bonds. The number of carboxylic acids is 1. The summed E-state index contributed by atoms with van der Waals surface area (Å²) in [5, 5.41) is 16.4. The Morgan fingerprint density at radius 1 is 1.38 bits per heavy atom. The van der Waals surface area contributed by atoms with Crippen LogP contribution in [0.1, 0.15) is 31.6 Å². The van der Waals surface area contributed by atoms with Crippen molar-refractivity contribution in [1.29, 1.82) is 0 Å². The standard InChI is InChI=1S/C10H15N3O3/c14-9(15)5-3-4-8-11-12-10(16-8)13-6-1-2-7-13/h1-7H2,(H,14,15). The van der Waals surface area contributed by atoms with Crippen molar-refractivity contribution >= 4 is 12.0 Å². The molecule has 1 aliphatic rings. The third-order valence-corrected chi connectivity index (χ3v) is 2.61. The van der Waals surface area contributed by atoms with Crippen LogP contribution >= 0.6 is 0 Å². The number of aliphatic carboxylic acids is 1. The van der Waals surface area contributed by atoms with Gasteiger partial charge in [0.1, 0.15) is 0 Å². The Hall–Kier alpha value is -1.59. The van der Waals surface area contributed by atoms with Gasteiger partial charge in [0.05, 0.1) is 0 Å². The van der Waals surface area contributed by atoms with Crippen LogP contribution in [0.15, 0.2) is 4.42 Å². The highest BCUT2D eigenvalue weighted by molar-refractivity contribution is 5.66. The summed E-state index contributed by atoms with van der Waals surface area (Å²) >= 11 is 0. The third-order valence-electron chi connectivity index (χ3n) is 2.61. The summed E-state index contributed by atoms with van der Waals surface area (Å²) in [6.45, 7) is 1.94. The molecule has 2 heterocycles. The van der Waals surface area contributed by atoms with E-state index in [9.17, 15) is 4.79 Å². The van der Waals surface area contributed by atoms with Crippen LogP contribution in [0.2, 0.25) is 0 Å². The van der Waals surface area contributed by atoms with Gasteiger partial charge in [0.25, 0.3) is 0 Å². The van der Waals surface area contributed by atoms with Crippen molar-refractivity contribution in [2.24, 2.45) is 0 Å². The van der Waals surface area contributed by atoms with Gasteiger partial charge in [-0.1, -0.05) is 5.10 Å². The molecule has 6 nitrogen and oxygen atoms in total. The van der Waals surface area contributed by atoms with Gasteiger partial charge in [-0.05, 0) is 19.3 Å². The monoisotopic (exact) mass is 225 g/mol. The van der Waals surface area contributed by atoms with E-state index in [0.717, 1.165) is 25.9 Å². The van der Waals surface area contributed by atoms with Gasteiger partial charge in [-0.3, -0.25) is 4.79 Å². The van der Waals surface area contributed by atoms with Crippen LogP contribution in [0, 0.1) is 0 Å². The number of aryl methyl sites for hydroxylation is 1. The molecule has 0 radical (unpaired) electrons. The summed E-state index contributed by atoms with van der Waals surface area (Å²) in [6.07, 6.45) is 3.54. The van der Waals surface area contributed by atoms with Crippen molar-refractivity contribution in [3.8, 4) is 0 Å². The first kappa shape index (κ1) is 10.9. The second-order valence-electron chi connectivity index (χ2n) is 3.92. The summed E-state index contributed by atoms with van der Waals surface area (Å²) < 4.78 is 5.46. The van der Waals surface area contributed by atoms with Crippen LogP contribution < -0.4 is 4.90 Å². The summed E-state index contributed by atoms with van der Waals surface area (Å²) in [5.74, 6) is -0.262. The number of rotatable bonds is 5. The van der Waals surface area contributed by atoms with Crippen molar-refractivity contribution in [2.75, 3.05) is 18.0 Å². The Balaban J connectivity index is 1.84. The molecular formula is C10H15N3O3. The second kappa shape index (κ2) is 4.96. The van der Waals surface area contributed by atoms with Crippen molar-refractivity contribution in [3.05, 3.63) is 5.89 Å². The fraction of sp³-hybridized carbons (Fsp3) is 0.700. The first-order chi connectivity index (χ1) is 7.75. The first-order valence-corrected chi connectivity index (χ1v) is 5.55. The highest BCUT2D eigenvalue weighted by Crippen LogP contribution is 2.18. The van der Waals surface area contributed by atoms with Gasteiger partial charge in [0.2, 0.25) is 5.89 Å². The number of carbonyl (C=O) groups is 1. The lowest BCUT2D eigenvalue weighted by Crippen LogP contribution is -2.17. The van der Waals surface area contributed by atoms with E-state index in [4.69, 9.17) is 9.52 Å². The van der Waals surface area contributed by atoms with Crippen molar-refractivity contribution < 1.29 is 14.3 Å². The van der Waals surface area contributed by atoms with Gasteiger partial charge in [0, 0.05) is 25.9 Å². The van der Waals surface area contributed by atoms with Crippen LogP contribution in [0.25, 0.3) is 0 Å². The Kier molecular flexibility index (Phi) is 3.38. The highest BCUT2D eigenvalue weighted by atomic mass is 16.4. The summed E-state index contributed by atoms with van der Waals surface area (Å²) in [6, 6.07) is 0.572. The number of anilines is 1. The van der Waals surface area contributed by atoms with Gasteiger partial charge in [0.15, 0.2) is 0 Å². The average molecular weight is 225 g/mol. The molecule has 88 valence electrons. The van der Waals surface area contributed by atoms with Crippen LogP contribution in [0.5, 0.6) is 0 Å². The zero-order valence-corrected chi connectivity index (χ0v) is 9.06. The molecule has 0 aliphatic carbocycles. The highest BCUT2D eigenvalue weighted by Gasteiger charge is 2.18. The zero-order chi connectivity index (χ0) is 11.4. The van der Waals surface area contributed by atoms with E-state index < -0.39 is 5.97 Å². The minimum absolute atomic E-state index is 0.140. The molecule has 0 spiro atoms. The fourth-order valence-corrected chi connectivity index (χ4v) is 1.77. The molecular weight excluding hydrogens is 210 g/mol. The number of nitrogens with zero attached hydrogens (tertiary/aromatic N) is 3. The van der Waals surface area contributed by atoms with E-state index in [0.29, 0.717) is 24.7 Å². The van der Waals surface area contributed by atoms with E-state index in [2.05, 4.69) is 15.1 Å². The first-order valence-electron chi connectivity index (χ1n) is 5.55. The molecule has 1 saturated heterocycles. The molecule has 0 unspecified atom stereocenters. The second-order valence-corrected chi connectivity index (χ2v) is 3.92. The van der Waals surface area contributed by atoms with Crippen LogP contribution in [0.4, 0.5) is 6.01 Å². The Morgan fingerprint density at radius 2 is 2.12 bits per heavy atom. The molecule has 0 bridgehead atoms. The molecule has 1 fully saturated rings. The maximum Gasteiger partial charge on any atom is 0.318 e. The summed E-state index contributed by atoms with van der Waals surface area (Å²) in [4.78, 5) is 12.4. The van der Waals surface area contributed by atoms with Crippen LogP contribution in [-0.4, -0.2) is 34.4 Å². The Bertz CT molecular complexity index is 358. The minimum atomic E-state index is -0.792. The fourth-order valence-electron chi connectivity index (χ4n) is 1.77. The molecule has 6 heteroatoms. The molecule has 1 N–H and O–H groups in total. The maximum atomic E-state index is 10.3. The van der Waals surface area contributed by atoms with Gasteiger partial charge < -0.3 is 14.4 Å². The number of hydrogen-bond acceptors (Lipinski definition) is 5. The quantitative estimate of drug-likeness (QED) is 0.807. The molecule has 16 heavy (non-hydrogen) atoms. The largest absolute Gasteiger partial charge is 0.481 e. The summed E-state index contributed by atoms with van der Waals surface area (Å²) in [5.41, 5.74) is 0. The topological polar surface area (TPSA) is 79.5 Å². The van der Waals surface area contributed by atoms with E-state index in [-0.39, 0.29) is 6.42 Å². The zero-order valence-electron chi connectivity index (χ0n) is 9.06. The molecule has 0 aromatic carbocycles. The normalized spacial score (nSPS) is 15.6. The predicted octanol–water partition coefficient (Wildman–Crippen LogP) is 1.08. The molecule has 1 aromatic heterocycles. The molecule has 0 atom stereocenters. The lowest BCUT2D eigenvalue weighted by atomic mass is 10.2. The average Bonchev–Trinajstić information content (AvgIpc) is 2.85. The molecule has 1 aromatic rings. The number of hydrogen-bond donors (Lipinski definition) is 1. The third kappa shape index (κ3) is 2.71. The SMILES string of the molecule is O=C(O)CCCc1nnc(N2CCCC2)o1. The Labute approximate surface area is 93.3 Å². The lowest BCUT2D eigenvalue weighted by Gasteiger charge is -2.09. The number of carboxylic acid groups (broad SMARTS) is 1. The number of aromatic nitrogens is 2. The van der Waals surface area contributed by atoms with Crippen molar-refractivity contribution in [1.82, 2.24) is 10.2 Å². The van der Waals surface area contributed by atoms with Gasteiger partial charge in [-0.2, -0.15) is 0 Å². The van der Waals surface area contributed by atoms with Crippen molar-refractivity contribution in [2.45, 2.75) is 32.1 Å². The van der Waals surface area contributed by atoms with Crippen LogP contribution in [0.3, 0.4) is 0 Å². The molecule has 2 rings (SSSR count). The van der Waals surface area contributed by atoms with E-state index in [1.165, 1.54) is 0 Å². The van der Waals surface area contributed by atoms with Gasteiger partial charge >= 0.3 is 12.0 Å². The van der Waals surface area contributed by atoms with Crippen LogP contribution in [-0.2, 0) is 11.2 Å². The van der Waals surface area contributed by atoms with E-state index in [1.54, 1.807) is 0 Å².